The molecule has 1 amide bonds. The van der Waals surface area contributed by atoms with Gasteiger partial charge in [0.2, 0.25) is 5.91 Å². The van der Waals surface area contributed by atoms with Crippen LogP contribution in [0.1, 0.15) is 70.8 Å². The summed E-state index contributed by atoms with van der Waals surface area (Å²) in [7, 11) is 0. The molecule has 1 aromatic rings. The predicted molar refractivity (Wildman–Crippen MR) is 103 cm³/mol. The first kappa shape index (κ1) is 16.9. The number of hydrogen-bond acceptors (Lipinski definition) is 2. The van der Waals surface area contributed by atoms with Crippen LogP contribution in [-0.4, -0.2) is 17.5 Å². The maximum absolute atomic E-state index is 12.8. The van der Waals surface area contributed by atoms with Gasteiger partial charge >= 0.3 is 0 Å². The number of benzene rings is 1. The number of carbonyl (C=O) groups excluding carboxylic acids is 1. The first-order valence-electron chi connectivity index (χ1n) is 10.1. The summed E-state index contributed by atoms with van der Waals surface area (Å²) in [5, 5.41) is 6.85. The molecule has 0 radical (unpaired) electrons. The highest BCUT2D eigenvalue weighted by Gasteiger charge is 2.51. The van der Waals surface area contributed by atoms with E-state index in [4.69, 9.17) is 0 Å². The second-order valence-electron chi connectivity index (χ2n) is 9.33. The van der Waals surface area contributed by atoms with Crippen LogP contribution in [0.15, 0.2) is 24.3 Å². The molecule has 2 N–H and O–H groups in total. The monoisotopic (exact) mass is 340 g/mol. The molecule has 0 saturated heterocycles. The molecule has 1 aromatic carbocycles. The van der Waals surface area contributed by atoms with Crippen LogP contribution in [0.3, 0.4) is 0 Å². The smallest absolute Gasteiger partial charge is 0.242 e. The summed E-state index contributed by atoms with van der Waals surface area (Å²) in [6.07, 6.45) is 7.85. The van der Waals surface area contributed by atoms with Crippen molar-refractivity contribution < 1.29 is 4.79 Å². The average Bonchev–Trinajstić information content (AvgIpc) is 2.53. The van der Waals surface area contributed by atoms with Crippen LogP contribution in [0.2, 0.25) is 0 Å². The molecular weight excluding hydrogens is 308 g/mol. The lowest BCUT2D eigenvalue weighted by atomic mass is 9.53. The Balaban J connectivity index is 1.38. The fourth-order valence-corrected chi connectivity index (χ4v) is 5.91. The highest BCUT2D eigenvalue weighted by Crippen LogP contribution is 2.55. The standard InChI is InChI=1S/C22H32N2O/c1-14(2)19-4-6-20(7-5-19)23-15(3)21(25)24-22-11-16-8-17(12-22)10-18(9-16)13-22/h4-7,14-18,23H,8-13H2,1-3H3,(H,24,25)/t15-,16?,17?,18?,22?/m0/s1. The molecule has 0 aliphatic heterocycles. The zero-order chi connectivity index (χ0) is 17.6. The molecule has 0 aromatic heterocycles. The topological polar surface area (TPSA) is 41.1 Å². The number of hydrogen-bond donors (Lipinski definition) is 2. The van der Waals surface area contributed by atoms with Gasteiger partial charge in [0, 0.05) is 11.2 Å². The molecule has 4 bridgehead atoms. The van der Waals surface area contributed by atoms with Gasteiger partial charge < -0.3 is 10.6 Å². The van der Waals surface area contributed by atoms with Gasteiger partial charge in [0.25, 0.3) is 0 Å². The Labute approximate surface area is 152 Å². The Morgan fingerprint density at radius 3 is 1.96 bits per heavy atom. The predicted octanol–water partition coefficient (Wildman–Crippen LogP) is 4.70. The van der Waals surface area contributed by atoms with E-state index >= 15 is 0 Å². The van der Waals surface area contributed by atoms with Crippen LogP contribution in [0, 0.1) is 17.8 Å². The van der Waals surface area contributed by atoms with Crippen molar-refractivity contribution in [3.05, 3.63) is 29.8 Å². The molecule has 0 unspecified atom stereocenters. The van der Waals surface area contributed by atoms with Crippen LogP contribution >= 0.6 is 0 Å². The van der Waals surface area contributed by atoms with Crippen molar-refractivity contribution in [3.63, 3.8) is 0 Å². The maximum Gasteiger partial charge on any atom is 0.242 e. The third-order valence-electron chi connectivity index (χ3n) is 6.78. The van der Waals surface area contributed by atoms with Crippen molar-refractivity contribution >= 4 is 11.6 Å². The van der Waals surface area contributed by atoms with Crippen molar-refractivity contribution in [2.24, 2.45) is 17.8 Å². The molecule has 4 aliphatic rings. The minimum absolute atomic E-state index is 0.100. The molecule has 3 nitrogen and oxygen atoms in total. The summed E-state index contributed by atoms with van der Waals surface area (Å²) < 4.78 is 0. The number of carbonyl (C=O) groups is 1. The van der Waals surface area contributed by atoms with Crippen molar-refractivity contribution in [2.45, 2.75) is 76.8 Å². The van der Waals surface area contributed by atoms with E-state index in [0.29, 0.717) is 5.92 Å². The molecule has 25 heavy (non-hydrogen) atoms. The normalized spacial score (nSPS) is 34.2. The Morgan fingerprint density at radius 1 is 0.960 bits per heavy atom. The minimum Gasteiger partial charge on any atom is -0.374 e. The van der Waals surface area contributed by atoms with E-state index in [1.54, 1.807) is 0 Å². The van der Waals surface area contributed by atoms with E-state index in [2.05, 4.69) is 48.7 Å². The van der Waals surface area contributed by atoms with Crippen molar-refractivity contribution in [3.8, 4) is 0 Å². The summed E-state index contributed by atoms with van der Waals surface area (Å²) in [6, 6.07) is 8.28. The molecule has 4 aliphatic carbocycles. The van der Waals surface area contributed by atoms with Gasteiger partial charge in [-0.1, -0.05) is 26.0 Å². The summed E-state index contributed by atoms with van der Waals surface area (Å²) in [6.45, 7) is 6.38. The Bertz CT molecular complexity index is 599. The lowest BCUT2D eigenvalue weighted by Crippen LogP contribution is -2.61. The van der Waals surface area contributed by atoms with Gasteiger partial charge in [-0.25, -0.2) is 0 Å². The highest BCUT2D eigenvalue weighted by molar-refractivity contribution is 5.85. The summed E-state index contributed by atoms with van der Waals surface area (Å²) in [4.78, 5) is 12.8. The minimum atomic E-state index is -0.196. The second kappa shape index (κ2) is 6.34. The van der Waals surface area contributed by atoms with Crippen molar-refractivity contribution in [1.82, 2.24) is 5.32 Å². The second-order valence-corrected chi connectivity index (χ2v) is 9.33. The third kappa shape index (κ3) is 3.43. The van der Waals surface area contributed by atoms with E-state index in [9.17, 15) is 4.79 Å². The molecule has 5 rings (SSSR count). The van der Waals surface area contributed by atoms with Gasteiger partial charge in [-0.15, -0.1) is 0 Å². The van der Waals surface area contributed by atoms with Gasteiger partial charge in [0.1, 0.15) is 6.04 Å². The SMILES string of the molecule is CC(C)c1ccc(N[C@@H](C)C(=O)NC23CC4CC(CC(C4)C2)C3)cc1. The molecule has 1 atom stereocenters. The van der Waals surface area contributed by atoms with Gasteiger partial charge in [-0.05, 0) is 86.8 Å². The molecule has 4 fully saturated rings. The maximum atomic E-state index is 12.8. The average molecular weight is 341 g/mol. The quantitative estimate of drug-likeness (QED) is 0.816. The Morgan fingerprint density at radius 2 is 1.48 bits per heavy atom. The molecule has 0 spiro atoms. The van der Waals surface area contributed by atoms with Crippen LogP contribution in [0.4, 0.5) is 5.69 Å². The van der Waals surface area contributed by atoms with Crippen molar-refractivity contribution in [1.29, 1.82) is 0 Å². The first-order chi connectivity index (χ1) is 11.9. The van der Waals surface area contributed by atoms with Crippen LogP contribution in [0.5, 0.6) is 0 Å². The summed E-state index contributed by atoms with van der Waals surface area (Å²) in [5.41, 5.74) is 2.46. The van der Waals surface area contributed by atoms with Gasteiger partial charge in [-0.3, -0.25) is 4.79 Å². The highest BCUT2D eigenvalue weighted by atomic mass is 16.2. The van der Waals surface area contributed by atoms with E-state index in [-0.39, 0.29) is 17.5 Å². The number of anilines is 1. The van der Waals surface area contributed by atoms with Gasteiger partial charge in [0.15, 0.2) is 0 Å². The lowest BCUT2D eigenvalue weighted by molar-refractivity contribution is -0.127. The number of amides is 1. The van der Waals surface area contributed by atoms with Gasteiger partial charge in [0.05, 0.1) is 0 Å². The first-order valence-corrected chi connectivity index (χ1v) is 10.1. The van der Waals surface area contributed by atoms with Gasteiger partial charge in [-0.2, -0.15) is 0 Å². The molecule has 0 heterocycles. The van der Waals surface area contributed by atoms with E-state index in [0.717, 1.165) is 23.4 Å². The third-order valence-corrected chi connectivity index (χ3v) is 6.78. The fourth-order valence-electron chi connectivity index (χ4n) is 5.91. The number of nitrogens with one attached hydrogen (secondary N) is 2. The largest absolute Gasteiger partial charge is 0.374 e. The zero-order valence-corrected chi connectivity index (χ0v) is 15.8. The lowest BCUT2D eigenvalue weighted by Gasteiger charge is -2.57. The van der Waals surface area contributed by atoms with Crippen LogP contribution in [0.25, 0.3) is 0 Å². The molecular formula is C22H32N2O. The Kier molecular flexibility index (Phi) is 4.29. The van der Waals surface area contributed by atoms with Crippen LogP contribution < -0.4 is 10.6 Å². The van der Waals surface area contributed by atoms with E-state index < -0.39 is 0 Å². The molecule has 3 heteroatoms. The molecule has 4 saturated carbocycles. The summed E-state index contributed by atoms with van der Waals surface area (Å²) in [5.74, 6) is 3.27. The summed E-state index contributed by atoms with van der Waals surface area (Å²) >= 11 is 0. The van der Waals surface area contributed by atoms with E-state index in [1.807, 2.05) is 6.92 Å². The number of rotatable bonds is 5. The molecule has 136 valence electrons. The fraction of sp³-hybridized carbons (Fsp3) is 0.682. The van der Waals surface area contributed by atoms with E-state index in [1.165, 1.54) is 44.1 Å². The Hall–Kier alpha value is -1.51. The van der Waals surface area contributed by atoms with Crippen molar-refractivity contribution in [2.75, 3.05) is 5.32 Å². The zero-order valence-electron chi connectivity index (χ0n) is 15.8. The van der Waals surface area contributed by atoms with Crippen LogP contribution in [-0.2, 0) is 4.79 Å².